The van der Waals surface area contributed by atoms with E-state index in [1.165, 1.54) is 12.1 Å². The van der Waals surface area contributed by atoms with Gasteiger partial charge in [-0.05, 0) is 25.0 Å². The van der Waals surface area contributed by atoms with Crippen molar-refractivity contribution in [2.75, 3.05) is 5.88 Å². The van der Waals surface area contributed by atoms with Gasteiger partial charge in [0.05, 0.1) is 4.92 Å². The van der Waals surface area contributed by atoms with Gasteiger partial charge in [0, 0.05) is 30.5 Å². The van der Waals surface area contributed by atoms with Gasteiger partial charge in [0.15, 0.2) is 5.84 Å². The van der Waals surface area contributed by atoms with E-state index in [1.807, 2.05) is 0 Å². The quantitative estimate of drug-likeness (QED) is 0.515. The highest BCUT2D eigenvalue weighted by Crippen LogP contribution is 2.40. The molecule has 0 bridgehead atoms. The van der Waals surface area contributed by atoms with E-state index in [0.29, 0.717) is 11.4 Å². The molecular weight excluding hydrogens is 324 g/mol. The van der Waals surface area contributed by atoms with Crippen LogP contribution in [0.15, 0.2) is 29.4 Å². The van der Waals surface area contributed by atoms with Crippen molar-refractivity contribution in [3.8, 4) is 0 Å². The highest BCUT2D eigenvalue weighted by molar-refractivity contribution is 6.27. The maximum atomic E-state index is 11.7. The van der Waals surface area contributed by atoms with Crippen LogP contribution in [0.4, 0.5) is 5.69 Å². The fraction of sp³-hybridized carbons (Fsp3) is 0.429. The van der Waals surface area contributed by atoms with Crippen molar-refractivity contribution in [3.05, 3.63) is 39.9 Å². The number of rotatable bonds is 4. The summed E-state index contributed by atoms with van der Waals surface area (Å²) in [4.78, 5) is 27.7. The number of benzene rings is 1. The Morgan fingerprint density at radius 2 is 2.04 bits per heavy atom. The van der Waals surface area contributed by atoms with E-state index in [1.54, 1.807) is 17.1 Å². The van der Waals surface area contributed by atoms with Crippen molar-refractivity contribution in [1.29, 1.82) is 0 Å². The van der Waals surface area contributed by atoms with Crippen LogP contribution in [0.2, 0.25) is 0 Å². The molecule has 1 spiro atoms. The van der Waals surface area contributed by atoms with Gasteiger partial charge in [0.2, 0.25) is 5.72 Å². The fourth-order valence-electron chi connectivity index (χ4n) is 2.87. The Bertz CT molecular complexity index is 655. The zero-order valence-corrected chi connectivity index (χ0v) is 13.0. The van der Waals surface area contributed by atoms with Crippen LogP contribution < -0.4 is 5.43 Å². The molecule has 9 heteroatoms. The standard InChI is InChI=1S/C14H15ClN4O4/c15-9-12(20)16-18-13(17-23-14(18)7-1-2-8-14)10-3-5-11(6-4-10)19(21)22/h3-6H,1-2,7-9H2,(H,16,20). The number of amides is 1. The van der Waals surface area contributed by atoms with Gasteiger partial charge in [-0.3, -0.25) is 20.3 Å². The molecule has 0 saturated heterocycles. The van der Waals surface area contributed by atoms with Crippen LogP contribution in [0.1, 0.15) is 31.2 Å². The molecule has 3 rings (SSSR count). The van der Waals surface area contributed by atoms with Crippen molar-refractivity contribution in [2.24, 2.45) is 5.16 Å². The third-order valence-electron chi connectivity index (χ3n) is 4.00. The van der Waals surface area contributed by atoms with Crippen LogP contribution in [-0.2, 0) is 9.63 Å². The van der Waals surface area contributed by atoms with Gasteiger partial charge in [0.1, 0.15) is 5.88 Å². The van der Waals surface area contributed by atoms with E-state index >= 15 is 0 Å². The van der Waals surface area contributed by atoms with Gasteiger partial charge in [-0.15, -0.1) is 11.6 Å². The summed E-state index contributed by atoms with van der Waals surface area (Å²) in [5.41, 5.74) is 2.63. The lowest BCUT2D eigenvalue weighted by Gasteiger charge is -2.33. The zero-order valence-electron chi connectivity index (χ0n) is 12.2. The summed E-state index contributed by atoms with van der Waals surface area (Å²) < 4.78 is 0. The van der Waals surface area contributed by atoms with E-state index in [2.05, 4.69) is 10.6 Å². The van der Waals surface area contributed by atoms with Crippen LogP contribution in [0.25, 0.3) is 0 Å². The summed E-state index contributed by atoms with van der Waals surface area (Å²) in [6.07, 6.45) is 3.40. The van der Waals surface area contributed by atoms with Gasteiger partial charge >= 0.3 is 0 Å². The molecule has 0 unspecified atom stereocenters. The lowest BCUT2D eigenvalue weighted by atomic mass is 10.1. The average molecular weight is 339 g/mol. The Kier molecular flexibility index (Phi) is 4.08. The molecule has 0 aromatic heterocycles. The molecule has 1 heterocycles. The van der Waals surface area contributed by atoms with Crippen molar-refractivity contribution in [2.45, 2.75) is 31.4 Å². The topological polar surface area (TPSA) is 97.1 Å². The van der Waals surface area contributed by atoms with Gasteiger partial charge < -0.3 is 4.84 Å². The SMILES string of the molecule is O=C(CCl)NN1C(c2ccc([N+](=O)[O-])cc2)=NOC12CCCC2. The lowest BCUT2D eigenvalue weighted by Crippen LogP contribution is -2.56. The number of amidine groups is 1. The smallest absolute Gasteiger partial charge is 0.269 e. The molecule has 1 saturated carbocycles. The van der Waals surface area contributed by atoms with E-state index in [4.69, 9.17) is 16.4 Å². The van der Waals surface area contributed by atoms with Crippen LogP contribution in [0, 0.1) is 10.1 Å². The second kappa shape index (κ2) is 6.04. The molecule has 1 aromatic carbocycles. The summed E-state index contributed by atoms with van der Waals surface area (Å²) in [6, 6.07) is 5.93. The molecule has 1 N–H and O–H groups in total. The van der Waals surface area contributed by atoms with Crippen molar-refractivity contribution in [3.63, 3.8) is 0 Å². The lowest BCUT2D eigenvalue weighted by molar-refractivity contribution is -0.384. The average Bonchev–Trinajstić information content (AvgIpc) is 3.16. The van der Waals surface area contributed by atoms with E-state index in [9.17, 15) is 14.9 Å². The number of carbonyl (C=O) groups is 1. The van der Waals surface area contributed by atoms with Crippen LogP contribution in [0.3, 0.4) is 0 Å². The Hall–Kier alpha value is -2.35. The summed E-state index contributed by atoms with van der Waals surface area (Å²) in [5.74, 6) is -0.126. The maximum Gasteiger partial charge on any atom is 0.269 e. The number of nitrogens with zero attached hydrogens (tertiary/aromatic N) is 3. The molecule has 23 heavy (non-hydrogen) atoms. The fourth-order valence-corrected chi connectivity index (χ4v) is 2.93. The monoisotopic (exact) mass is 338 g/mol. The Morgan fingerprint density at radius 1 is 1.39 bits per heavy atom. The predicted molar refractivity (Wildman–Crippen MR) is 82.6 cm³/mol. The first-order valence-electron chi connectivity index (χ1n) is 7.22. The first kappa shape index (κ1) is 15.5. The number of nitrogens with one attached hydrogen (secondary N) is 1. The molecule has 0 atom stereocenters. The third kappa shape index (κ3) is 2.81. The minimum Gasteiger partial charge on any atom is -0.363 e. The first-order valence-corrected chi connectivity index (χ1v) is 7.76. The Balaban J connectivity index is 1.90. The minimum absolute atomic E-state index is 0.0137. The molecule has 122 valence electrons. The molecule has 8 nitrogen and oxygen atoms in total. The normalized spacial score (nSPS) is 18.7. The number of alkyl halides is 1. The van der Waals surface area contributed by atoms with E-state index < -0.39 is 10.6 Å². The number of hydrogen-bond acceptors (Lipinski definition) is 6. The number of oxime groups is 1. The Morgan fingerprint density at radius 3 is 2.61 bits per heavy atom. The summed E-state index contributed by atoms with van der Waals surface area (Å²) in [7, 11) is 0. The maximum absolute atomic E-state index is 11.7. The van der Waals surface area contributed by atoms with Gasteiger partial charge in [-0.25, -0.2) is 5.01 Å². The summed E-state index contributed by atoms with van der Waals surface area (Å²) >= 11 is 5.58. The van der Waals surface area contributed by atoms with Crippen LogP contribution >= 0.6 is 11.6 Å². The third-order valence-corrected chi connectivity index (χ3v) is 4.24. The number of nitro benzene ring substituents is 1. The molecular formula is C14H15ClN4O4. The largest absolute Gasteiger partial charge is 0.363 e. The number of nitro groups is 1. The van der Waals surface area contributed by atoms with Crippen molar-refractivity contribution in [1.82, 2.24) is 10.4 Å². The van der Waals surface area contributed by atoms with Gasteiger partial charge in [-0.2, -0.15) is 0 Å². The van der Waals surface area contributed by atoms with E-state index in [-0.39, 0.29) is 17.5 Å². The number of hydrazine groups is 1. The Labute approximate surface area is 137 Å². The highest BCUT2D eigenvalue weighted by Gasteiger charge is 2.49. The number of halogens is 1. The van der Waals surface area contributed by atoms with Crippen molar-refractivity contribution < 1.29 is 14.6 Å². The molecule has 1 fully saturated rings. The number of hydrogen-bond donors (Lipinski definition) is 1. The summed E-state index contributed by atoms with van der Waals surface area (Å²) in [5, 5.41) is 16.5. The van der Waals surface area contributed by atoms with Crippen LogP contribution in [-0.4, -0.2) is 33.3 Å². The van der Waals surface area contributed by atoms with Gasteiger partial charge in [0.25, 0.3) is 11.6 Å². The first-order chi connectivity index (χ1) is 11.1. The van der Waals surface area contributed by atoms with Crippen molar-refractivity contribution >= 4 is 29.0 Å². The molecule has 1 aliphatic carbocycles. The summed E-state index contributed by atoms with van der Waals surface area (Å²) in [6.45, 7) is 0. The van der Waals surface area contributed by atoms with Gasteiger partial charge in [-0.1, -0.05) is 5.16 Å². The molecule has 1 aliphatic heterocycles. The second-order valence-corrected chi connectivity index (χ2v) is 5.73. The molecule has 0 radical (unpaired) electrons. The number of non-ortho nitro benzene ring substituents is 1. The molecule has 1 amide bonds. The molecule has 1 aromatic rings. The predicted octanol–water partition coefficient (Wildman–Crippen LogP) is 2.13. The number of carbonyl (C=O) groups excluding carboxylic acids is 1. The van der Waals surface area contributed by atoms with E-state index in [0.717, 1.165) is 25.7 Å². The zero-order chi connectivity index (χ0) is 16.4. The van der Waals surface area contributed by atoms with Crippen LogP contribution in [0.5, 0.6) is 0 Å². The minimum atomic E-state index is -0.696. The molecule has 2 aliphatic rings. The highest BCUT2D eigenvalue weighted by atomic mass is 35.5. The second-order valence-electron chi connectivity index (χ2n) is 5.47.